The monoisotopic (exact) mass is 532 g/mol. The molecule has 8 nitrogen and oxygen atoms in total. The SMILES string of the molecule is CC(=O)Nc1ccccc1OC[C@@H](O)CN1CC(Oc2ccc(Cl)cc2)CC1C.O=C(O)C(F)(F)F. The highest BCUT2D eigenvalue weighted by atomic mass is 35.5. The van der Waals surface area contributed by atoms with Gasteiger partial charge in [0.05, 0.1) is 5.69 Å². The fraction of sp³-hybridized carbons (Fsp3) is 0.417. The van der Waals surface area contributed by atoms with E-state index in [9.17, 15) is 23.1 Å². The summed E-state index contributed by atoms with van der Waals surface area (Å²) in [5.74, 6) is -1.58. The van der Waals surface area contributed by atoms with Gasteiger partial charge >= 0.3 is 12.1 Å². The van der Waals surface area contributed by atoms with E-state index in [1.165, 1.54) is 6.92 Å². The van der Waals surface area contributed by atoms with Gasteiger partial charge in [-0.1, -0.05) is 23.7 Å². The first-order chi connectivity index (χ1) is 16.8. The van der Waals surface area contributed by atoms with E-state index in [1.807, 2.05) is 36.4 Å². The first-order valence-electron chi connectivity index (χ1n) is 11.0. The third-order valence-electron chi connectivity index (χ3n) is 5.10. The summed E-state index contributed by atoms with van der Waals surface area (Å²) in [4.78, 5) is 22.4. The number of nitrogens with one attached hydrogen (secondary N) is 1. The van der Waals surface area contributed by atoms with Crippen molar-refractivity contribution in [2.24, 2.45) is 0 Å². The van der Waals surface area contributed by atoms with Crippen LogP contribution in [0.5, 0.6) is 11.5 Å². The Balaban J connectivity index is 0.000000572. The van der Waals surface area contributed by atoms with Gasteiger partial charge in [-0.2, -0.15) is 13.2 Å². The molecule has 3 atom stereocenters. The van der Waals surface area contributed by atoms with E-state index in [0.29, 0.717) is 29.0 Å². The molecule has 198 valence electrons. The second-order valence-corrected chi connectivity index (χ2v) is 8.61. The van der Waals surface area contributed by atoms with Crippen LogP contribution in [0.25, 0.3) is 0 Å². The summed E-state index contributed by atoms with van der Waals surface area (Å²) in [5, 5.41) is 21.0. The number of β-amino-alcohol motifs (C(OH)–C–C–N with tert-alkyl or cyclic N) is 1. The molecule has 1 aliphatic rings. The Morgan fingerprint density at radius 1 is 1.19 bits per heavy atom. The second-order valence-electron chi connectivity index (χ2n) is 8.18. The van der Waals surface area contributed by atoms with Crippen molar-refractivity contribution >= 4 is 29.2 Å². The Kier molecular flexibility index (Phi) is 10.8. The predicted molar refractivity (Wildman–Crippen MR) is 127 cm³/mol. The Labute approximate surface area is 211 Å². The number of carboxylic acid groups (broad SMARTS) is 1. The summed E-state index contributed by atoms with van der Waals surface area (Å²) in [6.45, 7) is 4.95. The lowest BCUT2D eigenvalue weighted by molar-refractivity contribution is -0.192. The molecule has 12 heteroatoms. The number of ether oxygens (including phenoxy) is 2. The van der Waals surface area contributed by atoms with E-state index in [0.717, 1.165) is 18.7 Å². The van der Waals surface area contributed by atoms with Gasteiger partial charge in [-0.15, -0.1) is 0 Å². The van der Waals surface area contributed by atoms with Crippen molar-refractivity contribution in [3.63, 3.8) is 0 Å². The first kappa shape index (κ1) is 29.2. The molecular weight excluding hydrogens is 505 g/mol. The van der Waals surface area contributed by atoms with Crippen LogP contribution in [0.3, 0.4) is 0 Å². The summed E-state index contributed by atoms with van der Waals surface area (Å²) >= 11 is 5.92. The number of para-hydroxylation sites is 2. The molecule has 1 amide bonds. The van der Waals surface area contributed by atoms with Gasteiger partial charge < -0.3 is 25.0 Å². The van der Waals surface area contributed by atoms with E-state index in [4.69, 9.17) is 31.0 Å². The average molecular weight is 533 g/mol. The van der Waals surface area contributed by atoms with Crippen LogP contribution in [0, 0.1) is 0 Å². The number of halogens is 4. The molecule has 3 rings (SSSR count). The summed E-state index contributed by atoms with van der Waals surface area (Å²) in [6.07, 6.45) is -4.78. The van der Waals surface area contributed by atoms with Gasteiger partial charge in [-0.25, -0.2) is 4.79 Å². The van der Waals surface area contributed by atoms with Crippen LogP contribution < -0.4 is 14.8 Å². The summed E-state index contributed by atoms with van der Waals surface area (Å²) < 4.78 is 43.5. The Hall–Kier alpha value is -3.02. The van der Waals surface area contributed by atoms with Crippen LogP contribution in [0.4, 0.5) is 18.9 Å². The van der Waals surface area contributed by atoms with Gasteiger partial charge in [0.25, 0.3) is 0 Å². The lowest BCUT2D eigenvalue weighted by Crippen LogP contribution is -2.38. The number of amides is 1. The third-order valence-corrected chi connectivity index (χ3v) is 5.35. The number of aliphatic hydroxyl groups is 1. The van der Waals surface area contributed by atoms with Gasteiger partial charge in [0.15, 0.2) is 0 Å². The fourth-order valence-corrected chi connectivity index (χ4v) is 3.61. The van der Waals surface area contributed by atoms with Crippen LogP contribution >= 0.6 is 11.6 Å². The number of hydrogen-bond donors (Lipinski definition) is 3. The summed E-state index contributed by atoms with van der Waals surface area (Å²) in [7, 11) is 0. The molecule has 1 heterocycles. The zero-order chi connectivity index (χ0) is 26.9. The number of anilines is 1. The fourth-order valence-electron chi connectivity index (χ4n) is 3.49. The van der Waals surface area contributed by atoms with Crippen LogP contribution in [-0.4, -0.2) is 71.1 Å². The zero-order valence-electron chi connectivity index (χ0n) is 19.7. The van der Waals surface area contributed by atoms with Crippen molar-refractivity contribution in [1.82, 2.24) is 4.90 Å². The van der Waals surface area contributed by atoms with Crippen LogP contribution in [-0.2, 0) is 9.59 Å². The molecule has 3 N–H and O–H groups in total. The number of hydrogen-bond acceptors (Lipinski definition) is 6. The molecule has 1 aliphatic heterocycles. The number of benzene rings is 2. The molecule has 1 fully saturated rings. The number of rotatable bonds is 8. The molecule has 36 heavy (non-hydrogen) atoms. The number of aliphatic hydroxyl groups excluding tert-OH is 1. The molecular formula is C24H28ClF3N2O6. The maximum Gasteiger partial charge on any atom is 0.490 e. The highest BCUT2D eigenvalue weighted by Gasteiger charge is 2.38. The van der Waals surface area contributed by atoms with Crippen molar-refractivity contribution in [3.8, 4) is 11.5 Å². The van der Waals surface area contributed by atoms with Crippen molar-refractivity contribution in [2.75, 3.05) is 25.0 Å². The standard InChI is InChI=1S/C22H27ClN2O4.C2HF3O2/c1-15-11-20(29-19-9-7-17(23)8-10-19)13-25(15)12-18(27)14-28-22-6-4-3-5-21(22)24-16(2)26;3-2(4,5)1(6)7/h3-10,15,18,20,27H,11-14H2,1-2H3,(H,24,26);(H,6,7)/t15?,18-,20?;/m0./s1. The molecule has 2 unspecified atom stereocenters. The van der Waals surface area contributed by atoms with E-state index < -0.39 is 18.2 Å². The number of alkyl halides is 3. The minimum absolute atomic E-state index is 0.0692. The minimum Gasteiger partial charge on any atom is -0.489 e. The molecule has 2 aromatic carbocycles. The van der Waals surface area contributed by atoms with Gasteiger partial charge in [-0.05, 0) is 43.3 Å². The number of aliphatic carboxylic acids is 1. The highest BCUT2D eigenvalue weighted by Crippen LogP contribution is 2.26. The molecule has 1 saturated heterocycles. The van der Waals surface area contributed by atoms with Crippen LogP contribution in [0.15, 0.2) is 48.5 Å². The number of carboxylic acids is 1. The molecule has 0 radical (unpaired) electrons. The Morgan fingerprint density at radius 3 is 2.39 bits per heavy atom. The lowest BCUT2D eigenvalue weighted by atomic mass is 10.2. The topological polar surface area (TPSA) is 108 Å². The van der Waals surface area contributed by atoms with Crippen LogP contribution in [0.2, 0.25) is 5.02 Å². The Morgan fingerprint density at radius 2 is 1.81 bits per heavy atom. The molecule has 0 aromatic heterocycles. The number of likely N-dealkylation sites (tertiary alicyclic amines) is 1. The molecule has 2 aromatic rings. The quantitative estimate of drug-likeness (QED) is 0.467. The van der Waals surface area contributed by atoms with Crippen molar-refractivity contribution in [2.45, 2.75) is 44.7 Å². The maximum atomic E-state index is 11.3. The zero-order valence-corrected chi connectivity index (χ0v) is 20.4. The second kappa shape index (κ2) is 13.3. The number of carbonyl (C=O) groups excluding carboxylic acids is 1. The minimum atomic E-state index is -5.08. The van der Waals surface area contributed by atoms with E-state index >= 15 is 0 Å². The van der Waals surface area contributed by atoms with E-state index in [-0.39, 0.29) is 18.6 Å². The van der Waals surface area contributed by atoms with Crippen LogP contribution in [0.1, 0.15) is 20.3 Å². The molecule has 0 spiro atoms. The smallest absolute Gasteiger partial charge is 0.489 e. The number of nitrogens with zero attached hydrogens (tertiary/aromatic N) is 1. The van der Waals surface area contributed by atoms with Gasteiger partial charge in [0, 0.05) is 37.5 Å². The van der Waals surface area contributed by atoms with Gasteiger partial charge in [0.1, 0.15) is 30.3 Å². The van der Waals surface area contributed by atoms with Crippen molar-refractivity contribution in [1.29, 1.82) is 0 Å². The summed E-state index contributed by atoms with van der Waals surface area (Å²) in [5.41, 5.74) is 0.596. The van der Waals surface area contributed by atoms with Gasteiger partial charge in [-0.3, -0.25) is 9.69 Å². The average Bonchev–Trinajstić information content (AvgIpc) is 3.12. The third kappa shape index (κ3) is 9.92. The van der Waals surface area contributed by atoms with Crippen molar-refractivity contribution in [3.05, 3.63) is 53.6 Å². The predicted octanol–water partition coefficient (Wildman–Crippen LogP) is 4.21. The van der Waals surface area contributed by atoms with E-state index in [2.05, 4.69) is 17.1 Å². The normalized spacial score (nSPS) is 18.5. The van der Waals surface area contributed by atoms with E-state index in [1.54, 1.807) is 12.1 Å². The highest BCUT2D eigenvalue weighted by molar-refractivity contribution is 6.30. The largest absolute Gasteiger partial charge is 0.490 e. The molecule has 0 saturated carbocycles. The first-order valence-corrected chi connectivity index (χ1v) is 11.4. The Bertz CT molecular complexity index is 1010. The molecule has 0 aliphatic carbocycles. The van der Waals surface area contributed by atoms with Gasteiger partial charge in [0.2, 0.25) is 5.91 Å². The number of carbonyl (C=O) groups is 2. The maximum absolute atomic E-state index is 11.3. The lowest BCUT2D eigenvalue weighted by Gasteiger charge is -2.24. The summed E-state index contributed by atoms with van der Waals surface area (Å²) in [6, 6.07) is 14.8. The molecule has 0 bridgehead atoms. The van der Waals surface area contributed by atoms with Crippen molar-refractivity contribution < 1.29 is 42.4 Å².